The summed E-state index contributed by atoms with van der Waals surface area (Å²) in [6.07, 6.45) is 3.75. The van der Waals surface area contributed by atoms with Gasteiger partial charge in [-0.1, -0.05) is 30.3 Å². The summed E-state index contributed by atoms with van der Waals surface area (Å²) in [5, 5.41) is 6.13. The van der Waals surface area contributed by atoms with Crippen LogP contribution in [0, 0.1) is 5.92 Å². The number of anilines is 2. The van der Waals surface area contributed by atoms with Crippen LogP contribution in [0.2, 0.25) is 0 Å². The first-order valence-electron chi connectivity index (χ1n) is 6.86. The van der Waals surface area contributed by atoms with Gasteiger partial charge in [-0.3, -0.25) is 4.79 Å². The summed E-state index contributed by atoms with van der Waals surface area (Å²) in [4.78, 5) is 15.9. The highest BCUT2D eigenvalue weighted by Gasteiger charge is 2.29. The highest BCUT2D eigenvalue weighted by Crippen LogP contribution is 2.29. The van der Waals surface area contributed by atoms with Crippen molar-refractivity contribution in [2.45, 2.75) is 19.4 Å². The molecule has 2 aromatic rings. The van der Waals surface area contributed by atoms with Crippen LogP contribution in [0.15, 0.2) is 48.7 Å². The van der Waals surface area contributed by atoms with E-state index in [1.807, 2.05) is 30.3 Å². The molecule has 102 valence electrons. The minimum Gasteiger partial charge on any atom is -0.380 e. The van der Waals surface area contributed by atoms with E-state index in [2.05, 4.69) is 27.8 Å². The number of nitrogens with one attached hydrogen (secondary N) is 2. The van der Waals surface area contributed by atoms with Crippen LogP contribution in [0.25, 0.3) is 0 Å². The molecule has 0 atom stereocenters. The Bertz CT molecular complexity index is 576. The van der Waals surface area contributed by atoms with Crippen LogP contribution >= 0.6 is 0 Å². The number of aromatic nitrogens is 1. The van der Waals surface area contributed by atoms with E-state index in [4.69, 9.17) is 0 Å². The smallest absolute Gasteiger partial charge is 0.228 e. The van der Waals surface area contributed by atoms with E-state index in [1.54, 1.807) is 6.20 Å². The molecule has 0 saturated heterocycles. The SMILES string of the molecule is O=C(Nc1ccc(NCc2ccccc2)cn1)C1CC1. The van der Waals surface area contributed by atoms with Gasteiger partial charge in [-0.05, 0) is 30.5 Å². The Hall–Kier alpha value is -2.36. The lowest BCUT2D eigenvalue weighted by Crippen LogP contribution is -2.14. The van der Waals surface area contributed by atoms with Crippen molar-refractivity contribution < 1.29 is 4.79 Å². The zero-order chi connectivity index (χ0) is 13.8. The number of carbonyl (C=O) groups is 1. The lowest BCUT2D eigenvalue weighted by atomic mass is 10.2. The third-order valence-electron chi connectivity index (χ3n) is 3.30. The third kappa shape index (κ3) is 3.35. The summed E-state index contributed by atoms with van der Waals surface area (Å²) in [7, 11) is 0. The van der Waals surface area contributed by atoms with Crippen LogP contribution in [0.4, 0.5) is 11.5 Å². The van der Waals surface area contributed by atoms with Crippen molar-refractivity contribution in [1.82, 2.24) is 4.98 Å². The minimum absolute atomic E-state index is 0.0856. The molecule has 20 heavy (non-hydrogen) atoms. The van der Waals surface area contributed by atoms with Gasteiger partial charge in [0.25, 0.3) is 0 Å². The molecule has 1 heterocycles. The van der Waals surface area contributed by atoms with Crippen molar-refractivity contribution in [3.63, 3.8) is 0 Å². The van der Waals surface area contributed by atoms with Gasteiger partial charge < -0.3 is 10.6 Å². The normalized spacial score (nSPS) is 13.8. The summed E-state index contributed by atoms with van der Waals surface area (Å²) in [5.74, 6) is 0.905. The second kappa shape index (κ2) is 5.74. The van der Waals surface area contributed by atoms with Gasteiger partial charge in [0.05, 0.1) is 11.9 Å². The van der Waals surface area contributed by atoms with Crippen molar-refractivity contribution >= 4 is 17.4 Å². The quantitative estimate of drug-likeness (QED) is 0.875. The first kappa shape index (κ1) is 12.7. The second-order valence-corrected chi connectivity index (χ2v) is 5.03. The molecule has 4 heteroatoms. The van der Waals surface area contributed by atoms with Gasteiger partial charge in [0.1, 0.15) is 5.82 Å². The Morgan fingerprint density at radius 1 is 1.15 bits per heavy atom. The maximum absolute atomic E-state index is 11.6. The lowest BCUT2D eigenvalue weighted by Gasteiger charge is -2.07. The number of hydrogen-bond donors (Lipinski definition) is 2. The van der Waals surface area contributed by atoms with E-state index in [-0.39, 0.29) is 11.8 Å². The molecular weight excluding hydrogens is 250 g/mol. The van der Waals surface area contributed by atoms with Crippen LogP contribution in [-0.2, 0) is 11.3 Å². The van der Waals surface area contributed by atoms with Crippen LogP contribution in [-0.4, -0.2) is 10.9 Å². The molecule has 0 aliphatic heterocycles. The van der Waals surface area contributed by atoms with E-state index in [9.17, 15) is 4.79 Å². The number of hydrogen-bond acceptors (Lipinski definition) is 3. The molecule has 1 saturated carbocycles. The Balaban J connectivity index is 1.54. The van der Waals surface area contributed by atoms with Crippen LogP contribution < -0.4 is 10.6 Å². The number of nitrogens with zero attached hydrogens (tertiary/aromatic N) is 1. The molecule has 1 aromatic carbocycles. The molecular formula is C16H17N3O. The van der Waals surface area contributed by atoms with Crippen LogP contribution in [0.5, 0.6) is 0 Å². The van der Waals surface area contributed by atoms with E-state index in [0.717, 1.165) is 25.1 Å². The second-order valence-electron chi connectivity index (χ2n) is 5.03. The lowest BCUT2D eigenvalue weighted by molar-refractivity contribution is -0.117. The van der Waals surface area contributed by atoms with Gasteiger partial charge in [0.2, 0.25) is 5.91 Å². The summed E-state index contributed by atoms with van der Waals surface area (Å²) in [6, 6.07) is 13.9. The van der Waals surface area contributed by atoms with Gasteiger partial charge in [0.15, 0.2) is 0 Å². The minimum atomic E-state index is 0.0856. The van der Waals surface area contributed by atoms with Gasteiger partial charge >= 0.3 is 0 Å². The fraction of sp³-hybridized carbons (Fsp3) is 0.250. The molecule has 0 radical (unpaired) electrons. The monoisotopic (exact) mass is 267 g/mol. The number of pyridine rings is 1. The van der Waals surface area contributed by atoms with E-state index < -0.39 is 0 Å². The number of carbonyl (C=O) groups excluding carboxylic acids is 1. The fourth-order valence-corrected chi connectivity index (χ4v) is 1.95. The number of amides is 1. The molecule has 3 rings (SSSR count). The predicted octanol–water partition coefficient (Wildman–Crippen LogP) is 3.04. The molecule has 1 amide bonds. The Morgan fingerprint density at radius 3 is 2.60 bits per heavy atom. The van der Waals surface area contributed by atoms with E-state index in [1.165, 1.54) is 5.56 Å². The van der Waals surface area contributed by atoms with E-state index >= 15 is 0 Å². The maximum atomic E-state index is 11.6. The highest BCUT2D eigenvalue weighted by atomic mass is 16.2. The average Bonchev–Trinajstić information content (AvgIpc) is 3.32. The number of rotatable bonds is 5. The fourth-order valence-electron chi connectivity index (χ4n) is 1.95. The summed E-state index contributed by atoms with van der Waals surface area (Å²) in [5.41, 5.74) is 2.16. The first-order chi connectivity index (χ1) is 9.81. The molecule has 1 aliphatic carbocycles. The molecule has 1 fully saturated rings. The topological polar surface area (TPSA) is 54.0 Å². The summed E-state index contributed by atoms with van der Waals surface area (Å²) >= 11 is 0. The maximum Gasteiger partial charge on any atom is 0.228 e. The Kier molecular flexibility index (Phi) is 3.63. The van der Waals surface area contributed by atoms with Crippen molar-refractivity contribution in [2.75, 3.05) is 10.6 Å². The largest absolute Gasteiger partial charge is 0.380 e. The van der Waals surface area contributed by atoms with Gasteiger partial charge in [-0.2, -0.15) is 0 Å². The van der Waals surface area contributed by atoms with E-state index in [0.29, 0.717) is 5.82 Å². The molecule has 1 aromatic heterocycles. The molecule has 4 nitrogen and oxygen atoms in total. The first-order valence-corrected chi connectivity index (χ1v) is 6.86. The third-order valence-corrected chi connectivity index (χ3v) is 3.30. The van der Waals surface area contributed by atoms with Crippen molar-refractivity contribution in [3.8, 4) is 0 Å². The summed E-state index contributed by atoms with van der Waals surface area (Å²) in [6.45, 7) is 0.760. The van der Waals surface area contributed by atoms with Gasteiger partial charge in [-0.25, -0.2) is 4.98 Å². The zero-order valence-corrected chi connectivity index (χ0v) is 11.2. The Morgan fingerprint density at radius 2 is 1.95 bits per heavy atom. The molecule has 1 aliphatic rings. The van der Waals surface area contributed by atoms with Gasteiger partial charge in [0, 0.05) is 12.5 Å². The average molecular weight is 267 g/mol. The Labute approximate surface area is 118 Å². The standard InChI is InChI=1S/C16H17N3O/c20-16(13-6-7-13)19-15-9-8-14(11-18-15)17-10-12-4-2-1-3-5-12/h1-5,8-9,11,13,17H,6-7,10H2,(H,18,19,20). The molecule has 2 N–H and O–H groups in total. The van der Waals surface area contributed by atoms with Crippen molar-refractivity contribution in [2.24, 2.45) is 5.92 Å². The predicted molar refractivity (Wildman–Crippen MR) is 79.4 cm³/mol. The molecule has 0 unspecified atom stereocenters. The summed E-state index contributed by atoms with van der Waals surface area (Å²) < 4.78 is 0. The highest BCUT2D eigenvalue weighted by molar-refractivity contribution is 5.93. The molecule has 0 spiro atoms. The van der Waals surface area contributed by atoms with Crippen LogP contribution in [0.3, 0.4) is 0 Å². The zero-order valence-electron chi connectivity index (χ0n) is 11.2. The number of benzene rings is 1. The van der Waals surface area contributed by atoms with Gasteiger partial charge in [-0.15, -0.1) is 0 Å². The van der Waals surface area contributed by atoms with Crippen molar-refractivity contribution in [3.05, 3.63) is 54.2 Å². The molecule has 0 bridgehead atoms. The van der Waals surface area contributed by atoms with Crippen LogP contribution in [0.1, 0.15) is 18.4 Å². The van der Waals surface area contributed by atoms with Crippen molar-refractivity contribution in [1.29, 1.82) is 0 Å².